The molecule has 1 saturated heterocycles. The van der Waals surface area contributed by atoms with Gasteiger partial charge in [-0.1, -0.05) is 0 Å². The first-order chi connectivity index (χ1) is 15.1. The summed E-state index contributed by atoms with van der Waals surface area (Å²) in [4.78, 5) is 69.0. The molecule has 14 heteroatoms. The van der Waals surface area contributed by atoms with Crippen LogP contribution in [0.15, 0.2) is 11.1 Å². The molecule has 3 rings (SSSR count). The van der Waals surface area contributed by atoms with Crippen molar-refractivity contribution in [3.05, 3.63) is 16.7 Å². The first-order valence-electron chi connectivity index (χ1n) is 9.44. The molecule has 0 saturated carbocycles. The first kappa shape index (κ1) is 22.9. The van der Waals surface area contributed by atoms with Crippen molar-refractivity contribution in [3.63, 3.8) is 0 Å². The Bertz CT molecular complexity index is 1120. The molecular formula is C18H21N5O9. The van der Waals surface area contributed by atoms with E-state index in [0.717, 1.165) is 13.8 Å². The largest absolute Gasteiger partial charge is 0.463 e. The molecule has 4 atom stereocenters. The minimum atomic E-state index is -1.18. The molecule has 0 aromatic carbocycles. The van der Waals surface area contributed by atoms with Gasteiger partial charge in [0.15, 0.2) is 29.6 Å². The van der Waals surface area contributed by atoms with Gasteiger partial charge in [-0.05, 0) is 0 Å². The molecule has 14 nitrogen and oxygen atoms in total. The molecule has 2 aromatic rings. The molecule has 2 aromatic heterocycles. The SMILES string of the molecule is CC(=O)Nc1nc2c(ncn2[C@@H]2O[C@@H](COC(C)=O)[C@@H](OC(C)=O)[C@@H]2OC(C)=O)c(=O)[nH]1. The van der Waals surface area contributed by atoms with E-state index in [1.165, 1.54) is 24.7 Å². The number of amides is 1. The van der Waals surface area contributed by atoms with Gasteiger partial charge in [0.05, 0.1) is 6.33 Å². The van der Waals surface area contributed by atoms with Gasteiger partial charge in [0.25, 0.3) is 5.56 Å². The van der Waals surface area contributed by atoms with Crippen LogP contribution in [-0.2, 0) is 38.1 Å². The van der Waals surface area contributed by atoms with Crippen LogP contribution in [0, 0.1) is 0 Å². The number of aromatic amines is 1. The van der Waals surface area contributed by atoms with Gasteiger partial charge in [0, 0.05) is 27.7 Å². The number of hydrogen-bond acceptors (Lipinski definition) is 11. The predicted octanol–water partition coefficient (Wildman–Crippen LogP) is -0.598. The van der Waals surface area contributed by atoms with E-state index in [9.17, 15) is 24.0 Å². The Balaban J connectivity index is 2.07. The fraction of sp³-hybridized carbons (Fsp3) is 0.500. The minimum absolute atomic E-state index is 0.00867. The normalized spacial score (nSPS) is 22.4. The van der Waals surface area contributed by atoms with E-state index < -0.39 is 53.9 Å². The standard InChI is InChI=1S/C18H21N5O9/c1-7(24)20-18-21-15-12(16(28)22-18)19-6-23(15)17-14(31-10(4)27)13(30-9(3)26)11(32-17)5-29-8(2)25/h6,11,13-14,17H,5H2,1-4H3,(H2,20,21,22,24,28)/t11-,13+,14-,17+/m0/s1. The summed E-state index contributed by atoms with van der Waals surface area (Å²) in [7, 11) is 0. The van der Waals surface area contributed by atoms with Gasteiger partial charge in [-0.2, -0.15) is 4.98 Å². The zero-order chi connectivity index (χ0) is 23.6. The van der Waals surface area contributed by atoms with Crippen LogP contribution in [0.25, 0.3) is 11.2 Å². The lowest BCUT2D eigenvalue weighted by Crippen LogP contribution is -2.40. The van der Waals surface area contributed by atoms with Crippen LogP contribution in [0.4, 0.5) is 5.95 Å². The third-order valence-corrected chi connectivity index (χ3v) is 4.34. The molecule has 2 N–H and O–H groups in total. The fourth-order valence-electron chi connectivity index (χ4n) is 3.26. The predicted molar refractivity (Wildman–Crippen MR) is 104 cm³/mol. The van der Waals surface area contributed by atoms with E-state index in [1.54, 1.807) is 0 Å². The second-order valence-electron chi connectivity index (χ2n) is 6.94. The highest BCUT2D eigenvalue weighted by Gasteiger charge is 2.51. The van der Waals surface area contributed by atoms with E-state index in [-0.39, 0.29) is 23.7 Å². The molecule has 1 aliphatic rings. The molecule has 1 amide bonds. The van der Waals surface area contributed by atoms with E-state index in [1.807, 2.05) is 0 Å². The van der Waals surface area contributed by atoms with E-state index in [4.69, 9.17) is 18.9 Å². The summed E-state index contributed by atoms with van der Waals surface area (Å²) in [6.45, 7) is 4.46. The number of nitrogens with one attached hydrogen (secondary N) is 2. The number of esters is 3. The second kappa shape index (κ2) is 9.13. The van der Waals surface area contributed by atoms with Crippen LogP contribution in [-0.4, -0.2) is 68.3 Å². The maximum absolute atomic E-state index is 12.3. The maximum atomic E-state index is 12.3. The van der Waals surface area contributed by atoms with E-state index in [2.05, 4.69) is 20.3 Å². The number of ether oxygens (including phenoxy) is 4. The van der Waals surface area contributed by atoms with Gasteiger partial charge in [-0.25, -0.2) is 4.98 Å². The Kier molecular flexibility index (Phi) is 6.53. The van der Waals surface area contributed by atoms with Crippen molar-refractivity contribution in [1.29, 1.82) is 0 Å². The summed E-state index contributed by atoms with van der Waals surface area (Å²) < 4.78 is 22.8. The van der Waals surface area contributed by atoms with Gasteiger partial charge < -0.3 is 18.9 Å². The molecule has 0 radical (unpaired) electrons. The summed E-state index contributed by atoms with van der Waals surface area (Å²) in [5.74, 6) is -2.56. The molecule has 0 bridgehead atoms. The molecule has 172 valence electrons. The van der Waals surface area contributed by atoms with Crippen LogP contribution >= 0.6 is 0 Å². The molecule has 0 aliphatic carbocycles. The summed E-state index contributed by atoms with van der Waals surface area (Å²) >= 11 is 0. The average Bonchev–Trinajstić information content (AvgIpc) is 3.21. The maximum Gasteiger partial charge on any atom is 0.303 e. The highest BCUT2D eigenvalue weighted by Crippen LogP contribution is 2.35. The Hall–Kier alpha value is -3.81. The van der Waals surface area contributed by atoms with Gasteiger partial charge in [-0.15, -0.1) is 0 Å². The topological polar surface area (TPSA) is 181 Å². The number of fused-ring (bicyclic) bond motifs is 1. The zero-order valence-corrected chi connectivity index (χ0v) is 17.6. The molecule has 1 fully saturated rings. The number of anilines is 1. The van der Waals surface area contributed by atoms with Crippen molar-refractivity contribution in [2.24, 2.45) is 0 Å². The third-order valence-electron chi connectivity index (χ3n) is 4.34. The molecule has 3 heterocycles. The summed E-state index contributed by atoms with van der Waals surface area (Å²) in [6, 6.07) is 0. The van der Waals surface area contributed by atoms with Crippen molar-refractivity contribution in [1.82, 2.24) is 19.5 Å². The van der Waals surface area contributed by atoms with Crippen molar-refractivity contribution < 1.29 is 38.1 Å². The quantitative estimate of drug-likeness (QED) is 0.423. The molecular weight excluding hydrogens is 430 g/mol. The van der Waals surface area contributed by atoms with Gasteiger partial charge in [0.2, 0.25) is 11.9 Å². The molecule has 0 unspecified atom stereocenters. The van der Waals surface area contributed by atoms with Crippen LogP contribution in [0.5, 0.6) is 0 Å². The Morgan fingerprint density at radius 2 is 1.75 bits per heavy atom. The lowest BCUT2D eigenvalue weighted by Gasteiger charge is -2.23. The molecule has 0 spiro atoms. The minimum Gasteiger partial charge on any atom is -0.463 e. The lowest BCUT2D eigenvalue weighted by molar-refractivity contribution is -0.166. The molecule has 1 aliphatic heterocycles. The van der Waals surface area contributed by atoms with Crippen LogP contribution in [0.3, 0.4) is 0 Å². The number of hydrogen-bond donors (Lipinski definition) is 2. The van der Waals surface area contributed by atoms with Crippen LogP contribution < -0.4 is 10.9 Å². The van der Waals surface area contributed by atoms with Crippen LogP contribution in [0.1, 0.15) is 33.9 Å². The number of imidazole rings is 1. The average molecular weight is 451 g/mol. The van der Waals surface area contributed by atoms with E-state index >= 15 is 0 Å². The van der Waals surface area contributed by atoms with Crippen molar-refractivity contribution in [2.75, 3.05) is 11.9 Å². The highest BCUT2D eigenvalue weighted by atomic mass is 16.7. The van der Waals surface area contributed by atoms with Gasteiger partial charge in [-0.3, -0.25) is 38.8 Å². The fourth-order valence-corrected chi connectivity index (χ4v) is 3.26. The second-order valence-corrected chi connectivity index (χ2v) is 6.94. The third kappa shape index (κ3) is 4.91. The highest BCUT2D eigenvalue weighted by molar-refractivity contribution is 5.87. The van der Waals surface area contributed by atoms with Crippen molar-refractivity contribution in [3.8, 4) is 0 Å². The van der Waals surface area contributed by atoms with Crippen LogP contribution in [0.2, 0.25) is 0 Å². The Morgan fingerprint density at radius 1 is 1.09 bits per heavy atom. The number of H-pyrrole nitrogens is 1. The molecule has 32 heavy (non-hydrogen) atoms. The number of rotatable bonds is 6. The monoisotopic (exact) mass is 451 g/mol. The van der Waals surface area contributed by atoms with E-state index in [0.29, 0.717) is 0 Å². The number of aromatic nitrogens is 4. The lowest BCUT2D eigenvalue weighted by atomic mass is 10.1. The number of nitrogens with zero attached hydrogens (tertiary/aromatic N) is 3. The number of carbonyl (C=O) groups excluding carboxylic acids is 4. The smallest absolute Gasteiger partial charge is 0.303 e. The van der Waals surface area contributed by atoms with Crippen molar-refractivity contribution >= 4 is 40.9 Å². The summed E-state index contributed by atoms with van der Waals surface area (Å²) in [5, 5.41) is 2.37. The van der Waals surface area contributed by atoms with Crippen molar-refractivity contribution in [2.45, 2.75) is 52.2 Å². The number of carbonyl (C=O) groups is 4. The van der Waals surface area contributed by atoms with Gasteiger partial charge >= 0.3 is 17.9 Å². The Morgan fingerprint density at radius 3 is 2.34 bits per heavy atom. The van der Waals surface area contributed by atoms with Gasteiger partial charge in [0.1, 0.15) is 12.7 Å². The summed E-state index contributed by atoms with van der Waals surface area (Å²) in [6.07, 6.45) is -3.22. The Labute approximate surface area is 180 Å². The zero-order valence-electron chi connectivity index (χ0n) is 17.6. The first-order valence-corrected chi connectivity index (χ1v) is 9.44. The summed E-state index contributed by atoms with van der Waals surface area (Å²) in [5.41, 5.74) is -0.696.